The molecule has 0 aromatic rings. The van der Waals surface area contributed by atoms with Gasteiger partial charge in [0.2, 0.25) is 5.90 Å². The predicted octanol–water partition coefficient (Wildman–Crippen LogP) is 6.06. The van der Waals surface area contributed by atoms with Crippen LogP contribution in [0.3, 0.4) is 0 Å². The molecule has 0 spiro atoms. The number of fused-ring (bicyclic) bond motifs is 1. The summed E-state index contributed by atoms with van der Waals surface area (Å²) in [5.41, 5.74) is 2.98. The fourth-order valence-corrected chi connectivity index (χ4v) is 6.09. The molecule has 0 radical (unpaired) electrons. The zero-order valence-corrected chi connectivity index (χ0v) is 17.7. The average molecular weight is 372 g/mol. The van der Waals surface area contributed by atoms with E-state index in [1.807, 2.05) is 0 Å². The molecule has 3 atom stereocenters. The maximum Gasteiger partial charge on any atom is 0.216 e. The van der Waals surface area contributed by atoms with Crippen molar-refractivity contribution in [3.8, 4) is 0 Å². The molecule has 0 aromatic heterocycles. The summed E-state index contributed by atoms with van der Waals surface area (Å²) < 4.78 is 12.9. The van der Waals surface area contributed by atoms with Crippen LogP contribution in [0.15, 0.2) is 28.0 Å². The molecule has 1 fully saturated rings. The lowest BCUT2D eigenvalue weighted by Crippen LogP contribution is -2.39. The molecule has 0 N–H and O–H groups in total. The van der Waals surface area contributed by atoms with Gasteiger partial charge in [-0.05, 0) is 37.5 Å². The van der Waals surface area contributed by atoms with Crippen molar-refractivity contribution < 1.29 is 9.47 Å². The van der Waals surface area contributed by atoms with Crippen LogP contribution in [0.4, 0.5) is 0 Å². The van der Waals surface area contributed by atoms with E-state index < -0.39 is 0 Å². The van der Waals surface area contributed by atoms with E-state index in [-0.39, 0.29) is 11.5 Å². The van der Waals surface area contributed by atoms with Gasteiger partial charge in [0, 0.05) is 31.2 Å². The maximum atomic E-state index is 6.73. The Morgan fingerprint density at radius 3 is 2.67 bits per heavy atom. The SMILES string of the molecule is CCC1=C(C2=NCCC3C(CC(C)=CC3(C)C)O2)C(C2CCCCC2)CO1. The molecular formula is C24H37NO2. The maximum absolute atomic E-state index is 6.73. The van der Waals surface area contributed by atoms with Gasteiger partial charge in [-0.25, -0.2) is 0 Å². The molecule has 0 saturated heterocycles. The number of nitrogens with zero attached hydrogens (tertiary/aromatic N) is 1. The van der Waals surface area contributed by atoms with Crippen molar-refractivity contribution >= 4 is 5.90 Å². The standard InChI is InChI=1S/C24H37NO2/c1-5-20-22(18(15-26-20)17-9-7-6-8-10-17)23-25-12-11-19-21(27-23)13-16(2)14-24(19,3)4/h14,17-19,21H,5-13,15H2,1-4H3. The molecule has 3 unspecified atom stereocenters. The van der Waals surface area contributed by atoms with E-state index in [9.17, 15) is 0 Å². The molecule has 0 amide bonds. The van der Waals surface area contributed by atoms with Gasteiger partial charge in [0.15, 0.2) is 0 Å². The molecule has 4 aliphatic rings. The van der Waals surface area contributed by atoms with Crippen LogP contribution in [0.5, 0.6) is 0 Å². The molecule has 0 bridgehead atoms. The lowest BCUT2D eigenvalue weighted by atomic mass is 9.68. The van der Waals surface area contributed by atoms with Crippen molar-refractivity contribution in [2.75, 3.05) is 13.2 Å². The number of hydrogen-bond acceptors (Lipinski definition) is 3. The van der Waals surface area contributed by atoms with Crippen LogP contribution in [0.1, 0.15) is 79.1 Å². The molecule has 2 heterocycles. The second-order valence-electron chi connectivity index (χ2n) is 9.76. The molecule has 3 heteroatoms. The highest BCUT2D eigenvalue weighted by Crippen LogP contribution is 2.45. The minimum atomic E-state index is 0.189. The van der Waals surface area contributed by atoms with Crippen LogP contribution in [-0.2, 0) is 9.47 Å². The topological polar surface area (TPSA) is 30.8 Å². The zero-order valence-electron chi connectivity index (χ0n) is 17.7. The fourth-order valence-electron chi connectivity index (χ4n) is 6.09. The van der Waals surface area contributed by atoms with Gasteiger partial charge in [0.1, 0.15) is 11.9 Å². The van der Waals surface area contributed by atoms with Crippen LogP contribution in [-0.4, -0.2) is 25.2 Å². The van der Waals surface area contributed by atoms with E-state index in [0.717, 1.165) is 50.0 Å². The van der Waals surface area contributed by atoms with Crippen LogP contribution in [0, 0.1) is 23.2 Å². The summed E-state index contributed by atoms with van der Waals surface area (Å²) in [4.78, 5) is 5.00. The summed E-state index contributed by atoms with van der Waals surface area (Å²) in [5, 5.41) is 0. The molecule has 2 aliphatic carbocycles. The second-order valence-corrected chi connectivity index (χ2v) is 9.76. The van der Waals surface area contributed by atoms with Gasteiger partial charge in [0.05, 0.1) is 12.2 Å². The van der Waals surface area contributed by atoms with Gasteiger partial charge in [-0.3, -0.25) is 4.99 Å². The summed E-state index contributed by atoms with van der Waals surface area (Å²) in [7, 11) is 0. The zero-order chi connectivity index (χ0) is 19.0. The van der Waals surface area contributed by atoms with E-state index in [0.29, 0.717) is 11.8 Å². The van der Waals surface area contributed by atoms with Crippen LogP contribution in [0.2, 0.25) is 0 Å². The number of aliphatic imine (C=N–C) groups is 1. The largest absolute Gasteiger partial charge is 0.497 e. The molecule has 1 saturated carbocycles. The van der Waals surface area contributed by atoms with Gasteiger partial charge in [0.25, 0.3) is 0 Å². The summed E-state index contributed by atoms with van der Waals surface area (Å²) >= 11 is 0. The predicted molar refractivity (Wildman–Crippen MR) is 111 cm³/mol. The third kappa shape index (κ3) is 3.71. The van der Waals surface area contributed by atoms with E-state index in [4.69, 9.17) is 14.5 Å². The Labute approximate surface area is 165 Å². The van der Waals surface area contributed by atoms with E-state index in [1.165, 1.54) is 43.3 Å². The fraction of sp³-hybridized carbons (Fsp3) is 0.792. The first-order chi connectivity index (χ1) is 13.0. The van der Waals surface area contributed by atoms with Crippen molar-refractivity contribution in [1.82, 2.24) is 0 Å². The van der Waals surface area contributed by atoms with Gasteiger partial charge in [-0.15, -0.1) is 0 Å². The minimum absolute atomic E-state index is 0.189. The molecule has 0 aromatic carbocycles. The van der Waals surface area contributed by atoms with Crippen LogP contribution >= 0.6 is 0 Å². The summed E-state index contributed by atoms with van der Waals surface area (Å²) in [6, 6.07) is 0. The number of hydrogen-bond donors (Lipinski definition) is 0. The quantitative estimate of drug-likeness (QED) is 0.565. The molecule has 27 heavy (non-hydrogen) atoms. The average Bonchev–Trinajstić information content (AvgIpc) is 2.95. The van der Waals surface area contributed by atoms with Crippen molar-refractivity contribution in [3.63, 3.8) is 0 Å². The molecule has 150 valence electrons. The van der Waals surface area contributed by atoms with Gasteiger partial charge in [-0.1, -0.05) is 51.7 Å². The van der Waals surface area contributed by atoms with E-state index >= 15 is 0 Å². The van der Waals surface area contributed by atoms with Gasteiger partial charge < -0.3 is 9.47 Å². The Balaban J connectivity index is 1.61. The van der Waals surface area contributed by atoms with Crippen LogP contribution < -0.4 is 0 Å². The molecule has 4 rings (SSSR count). The lowest BCUT2D eigenvalue weighted by Gasteiger charge is -2.41. The monoisotopic (exact) mass is 371 g/mol. The highest BCUT2D eigenvalue weighted by atomic mass is 16.5. The lowest BCUT2D eigenvalue weighted by molar-refractivity contribution is 0.0577. The number of ether oxygens (including phenoxy) is 2. The van der Waals surface area contributed by atoms with Crippen LogP contribution in [0.25, 0.3) is 0 Å². The Kier molecular flexibility index (Phi) is 5.40. The van der Waals surface area contributed by atoms with Crippen molar-refractivity contribution in [2.24, 2.45) is 28.2 Å². The Morgan fingerprint density at radius 1 is 1.15 bits per heavy atom. The van der Waals surface area contributed by atoms with Crippen molar-refractivity contribution in [3.05, 3.63) is 23.0 Å². The number of rotatable bonds is 3. The minimum Gasteiger partial charge on any atom is -0.497 e. The second kappa shape index (κ2) is 7.64. The summed E-state index contributed by atoms with van der Waals surface area (Å²) in [5.74, 6) is 3.85. The molecule has 3 nitrogen and oxygen atoms in total. The smallest absolute Gasteiger partial charge is 0.216 e. The van der Waals surface area contributed by atoms with Crippen molar-refractivity contribution in [1.29, 1.82) is 0 Å². The first-order valence-electron chi connectivity index (χ1n) is 11.2. The van der Waals surface area contributed by atoms with Crippen molar-refractivity contribution in [2.45, 2.75) is 85.2 Å². The normalized spacial score (nSPS) is 34.1. The van der Waals surface area contributed by atoms with Gasteiger partial charge >= 0.3 is 0 Å². The highest BCUT2D eigenvalue weighted by Gasteiger charge is 2.43. The first-order valence-corrected chi connectivity index (χ1v) is 11.2. The van der Waals surface area contributed by atoms with E-state index in [1.54, 1.807) is 0 Å². The molecular weight excluding hydrogens is 334 g/mol. The van der Waals surface area contributed by atoms with Gasteiger partial charge in [-0.2, -0.15) is 0 Å². The first kappa shape index (κ1) is 19.1. The highest BCUT2D eigenvalue weighted by molar-refractivity contribution is 5.95. The third-order valence-corrected chi connectivity index (χ3v) is 7.38. The Hall–Kier alpha value is -1.25. The third-order valence-electron chi connectivity index (χ3n) is 7.38. The molecule has 2 aliphatic heterocycles. The van der Waals surface area contributed by atoms with E-state index in [2.05, 4.69) is 33.8 Å². The Bertz CT molecular complexity index is 651. The number of allylic oxidation sites excluding steroid dienone is 2. The Morgan fingerprint density at radius 2 is 1.93 bits per heavy atom. The summed E-state index contributed by atoms with van der Waals surface area (Å²) in [6.07, 6.45) is 12.6. The summed E-state index contributed by atoms with van der Waals surface area (Å²) in [6.45, 7) is 10.9.